The molecule has 8 heteroatoms. The monoisotopic (exact) mass is 317 g/mol. The average molecular weight is 318 g/mol. The summed E-state index contributed by atoms with van der Waals surface area (Å²) in [5, 5.41) is 3.73. The highest BCUT2D eigenvalue weighted by molar-refractivity contribution is 9.10. The van der Waals surface area contributed by atoms with Gasteiger partial charge in [-0.2, -0.15) is 4.37 Å². The molecule has 0 saturated carbocycles. The number of nitrogens with one attached hydrogen (secondary N) is 1. The fourth-order valence-corrected chi connectivity index (χ4v) is 2.93. The minimum absolute atomic E-state index is 0.590. The molecular weight excluding hydrogens is 310 g/mol. The predicted octanol–water partition coefficient (Wildman–Crippen LogP) is 2.59. The third-order valence-electron chi connectivity index (χ3n) is 1.63. The number of aromatic nitrogens is 4. The molecule has 1 N–H and O–H groups in total. The summed E-state index contributed by atoms with van der Waals surface area (Å²) < 4.78 is 5.85. The fourth-order valence-electron chi connectivity index (χ4n) is 0.946. The maximum absolute atomic E-state index is 4.33. The van der Waals surface area contributed by atoms with Crippen LogP contribution in [0.15, 0.2) is 20.0 Å². The Hall–Kier alpha value is -0.730. The van der Waals surface area contributed by atoms with Crippen molar-refractivity contribution in [3.8, 4) is 0 Å². The van der Waals surface area contributed by atoms with E-state index in [1.165, 1.54) is 23.3 Å². The number of nitrogens with zero attached hydrogens (tertiary/aromatic N) is 4. The van der Waals surface area contributed by atoms with Crippen LogP contribution < -0.4 is 5.32 Å². The molecule has 2 aromatic heterocycles. The highest BCUT2D eigenvalue weighted by Gasteiger charge is 2.09. The van der Waals surface area contributed by atoms with Crippen LogP contribution in [0.3, 0.4) is 0 Å². The van der Waals surface area contributed by atoms with Gasteiger partial charge in [-0.25, -0.2) is 15.0 Å². The average Bonchev–Trinajstić information content (AvgIpc) is 2.67. The van der Waals surface area contributed by atoms with Gasteiger partial charge >= 0.3 is 0 Å². The number of anilines is 1. The lowest BCUT2D eigenvalue weighted by Crippen LogP contribution is -1.96. The second-order valence-corrected chi connectivity index (χ2v) is 5.65. The minimum Gasteiger partial charge on any atom is -0.357 e. The van der Waals surface area contributed by atoms with Gasteiger partial charge in [-0.1, -0.05) is 0 Å². The number of hydrogen-bond acceptors (Lipinski definition) is 7. The molecule has 5 nitrogen and oxygen atoms in total. The smallest absolute Gasteiger partial charge is 0.223 e. The van der Waals surface area contributed by atoms with Gasteiger partial charge in [0, 0.05) is 13.2 Å². The van der Waals surface area contributed by atoms with E-state index >= 15 is 0 Å². The molecule has 0 saturated heterocycles. The van der Waals surface area contributed by atoms with Gasteiger partial charge < -0.3 is 5.32 Å². The Kier molecular flexibility index (Phi) is 3.72. The molecule has 0 amide bonds. The number of rotatable bonds is 3. The molecule has 0 radical (unpaired) electrons. The van der Waals surface area contributed by atoms with Crippen molar-refractivity contribution in [1.29, 1.82) is 0 Å². The first-order valence-corrected chi connectivity index (χ1v) is 6.76. The van der Waals surface area contributed by atoms with Crippen molar-refractivity contribution in [1.82, 2.24) is 19.3 Å². The molecule has 0 bridgehead atoms. The van der Waals surface area contributed by atoms with Gasteiger partial charge in [0.2, 0.25) is 5.95 Å². The highest BCUT2D eigenvalue weighted by Crippen LogP contribution is 2.32. The molecule has 2 aromatic rings. The maximum Gasteiger partial charge on any atom is 0.223 e. The molecule has 0 fully saturated rings. The summed E-state index contributed by atoms with van der Waals surface area (Å²) in [4.78, 5) is 12.7. The zero-order valence-corrected chi connectivity index (χ0v) is 11.8. The van der Waals surface area contributed by atoms with Crippen LogP contribution in [0.1, 0.15) is 5.82 Å². The van der Waals surface area contributed by atoms with Crippen LogP contribution in [-0.2, 0) is 0 Å². The van der Waals surface area contributed by atoms with Crippen molar-refractivity contribution in [3.05, 3.63) is 16.5 Å². The van der Waals surface area contributed by atoms with Crippen molar-refractivity contribution in [2.45, 2.75) is 16.3 Å². The van der Waals surface area contributed by atoms with Crippen molar-refractivity contribution >= 4 is 45.2 Å². The summed E-state index contributed by atoms with van der Waals surface area (Å²) in [6.07, 6.45) is 1.72. The summed E-state index contributed by atoms with van der Waals surface area (Å²) >= 11 is 6.24. The van der Waals surface area contributed by atoms with Crippen molar-refractivity contribution < 1.29 is 0 Å². The van der Waals surface area contributed by atoms with Crippen molar-refractivity contribution in [2.75, 3.05) is 12.4 Å². The zero-order valence-electron chi connectivity index (χ0n) is 8.56. The lowest BCUT2D eigenvalue weighted by molar-refractivity contribution is 1.02. The van der Waals surface area contributed by atoms with E-state index in [0.717, 1.165) is 19.7 Å². The Labute approximate surface area is 109 Å². The molecule has 2 rings (SSSR count). The van der Waals surface area contributed by atoms with Gasteiger partial charge in [-0.3, -0.25) is 0 Å². The summed E-state index contributed by atoms with van der Waals surface area (Å²) in [5.74, 6) is 1.37. The summed E-state index contributed by atoms with van der Waals surface area (Å²) in [7, 11) is 1.78. The van der Waals surface area contributed by atoms with Crippen LogP contribution in [-0.4, -0.2) is 26.4 Å². The van der Waals surface area contributed by atoms with Crippen LogP contribution >= 0.6 is 39.2 Å². The van der Waals surface area contributed by atoms with E-state index in [-0.39, 0.29) is 0 Å². The van der Waals surface area contributed by atoms with E-state index in [0.29, 0.717) is 5.95 Å². The standard InChI is InChI=1S/C8H8BrN5S2/c1-4-12-8(16-14-4)15-6-5(9)3-11-7(10-2)13-6/h3H,1-2H3,(H,10,11,13). The van der Waals surface area contributed by atoms with Crippen molar-refractivity contribution in [2.24, 2.45) is 0 Å². The van der Waals surface area contributed by atoms with Crippen LogP contribution in [0.4, 0.5) is 5.95 Å². The Morgan fingerprint density at radius 1 is 1.44 bits per heavy atom. The third kappa shape index (κ3) is 2.69. The Balaban J connectivity index is 2.26. The van der Waals surface area contributed by atoms with Gasteiger partial charge in [0.25, 0.3) is 0 Å². The van der Waals surface area contributed by atoms with Gasteiger partial charge in [0.1, 0.15) is 10.9 Å². The second kappa shape index (κ2) is 5.07. The normalized spacial score (nSPS) is 10.4. The molecule has 0 unspecified atom stereocenters. The molecule has 16 heavy (non-hydrogen) atoms. The van der Waals surface area contributed by atoms with Crippen LogP contribution in [0.5, 0.6) is 0 Å². The fraction of sp³-hybridized carbons (Fsp3) is 0.250. The topological polar surface area (TPSA) is 63.6 Å². The molecule has 0 aromatic carbocycles. The minimum atomic E-state index is 0.590. The third-order valence-corrected chi connectivity index (χ3v) is 4.32. The lowest BCUT2D eigenvalue weighted by atomic mass is 10.7. The predicted molar refractivity (Wildman–Crippen MR) is 68.0 cm³/mol. The number of hydrogen-bond donors (Lipinski definition) is 1. The first-order valence-electron chi connectivity index (χ1n) is 4.37. The van der Waals surface area contributed by atoms with E-state index in [2.05, 4.69) is 40.6 Å². The van der Waals surface area contributed by atoms with Crippen LogP contribution in [0, 0.1) is 6.92 Å². The molecule has 0 aliphatic rings. The summed E-state index contributed by atoms with van der Waals surface area (Å²) in [5.41, 5.74) is 0. The Morgan fingerprint density at radius 2 is 2.25 bits per heavy atom. The molecule has 0 aliphatic heterocycles. The van der Waals surface area contributed by atoms with Gasteiger partial charge in [-0.05, 0) is 46.1 Å². The van der Waals surface area contributed by atoms with E-state index in [9.17, 15) is 0 Å². The van der Waals surface area contributed by atoms with Gasteiger partial charge in [0.05, 0.1) is 4.47 Å². The molecule has 0 spiro atoms. The van der Waals surface area contributed by atoms with Gasteiger partial charge in [-0.15, -0.1) is 0 Å². The zero-order chi connectivity index (χ0) is 11.5. The molecule has 2 heterocycles. The van der Waals surface area contributed by atoms with E-state index in [1.807, 2.05) is 6.92 Å². The first kappa shape index (κ1) is 11.7. The Morgan fingerprint density at radius 3 is 2.88 bits per heavy atom. The Bertz CT molecular complexity index is 501. The maximum atomic E-state index is 4.33. The molecule has 0 atom stereocenters. The largest absolute Gasteiger partial charge is 0.357 e. The van der Waals surface area contributed by atoms with E-state index in [4.69, 9.17) is 0 Å². The SMILES string of the molecule is CNc1ncc(Br)c(Sc2nc(C)ns2)n1. The second-order valence-electron chi connectivity index (χ2n) is 2.81. The summed E-state index contributed by atoms with van der Waals surface area (Å²) in [6.45, 7) is 1.87. The highest BCUT2D eigenvalue weighted by atomic mass is 79.9. The van der Waals surface area contributed by atoms with E-state index < -0.39 is 0 Å². The molecule has 84 valence electrons. The first-order chi connectivity index (χ1) is 7.69. The number of aryl methyl sites for hydroxylation is 1. The van der Waals surface area contributed by atoms with E-state index in [1.54, 1.807) is 13.2 Å². The van der Waals surface area contributed by atoms with Crippen molar-refractivity contribution in [3.63, 3.8) is 0 Å². The number of halogens is 1. The quantitative estimate of drug-likeness (QED) is 0.878. The summed E-state index contributed by atoms with van der Waals surface area (Å²) in [6, 6.07) is 0. The lowest BCUT2D eigenvalue weighted by Gasteiger charge is -2.02. The van der Waals surface area contributed by atoms with Crippen LogP contribution in [0.25, 0.3) is 0 Å². The van der Waals surface area contributed by atoms with Crippen LogP contribution in [0.2, 0.25) is 0 Å². The van der Waals surface area contributed by atoms with Gasteiger partial charge in [0.15, 0.2) is 4.34 Å². The molecule has 0 aliphatic carbocycles. The molecular formula is C8H8BrN5S2.